The molecule has 0 bridgehead atoms. The van der Waals surface area contributed by atoms with Gasteiger partial charge in [0.15, 0.2) is 5.82 Å². The number of aromatic nitrogens is 4. The number of nitrogens with one attached hydrogen (secondary N) is 1. The topological polar surface area (TPSA) is 59.0 Å². The van der Waals surface area contributed by atoms with Crippen molar-refractivity contribution in [3.8, 4) is 0 Å². The number of hydrogen-bond donors (Lipinski definition) is 1. The van der Waals surface area contributed by atoms with Crippen LogP contribution in [0.5, 0.6) is 0 Å². The minimum absolute atomic E-state index is 0.00551. The molecule has 4 rings (SSSR count). The predicted molar refractivity (Wildman–Crippen MR) is 88.0 cm³/mol. The molecule has 0 aliphatic carbocycles. The Labute approximate surface area is 135 Å². The smallest absolute Gasteiger partial charge is 0.163 e. The first-order chi connectivity index (χ1) is 11.3. The molecular formula is C17H21N5O. The van der Waals surface area contributed by atoms with Crippen LogP contribution in [0.1, 0.15) is 24.4 Å². The normalized spacial score (nSPS) is 19.4. The molecule has 0 radical (unpaired) electrons. The Kier molecular flexibility index (Phi) is 3.85. The summed E-state index contributed by atoms with van der Waals surface area (Å²) in [7, 11) is 0. The maximum absolute atomic E-state index is 5.93. The van der Waals surface area contributed by atoms with Crippen molar-refractivity contribution in [2.75, 3.05) is 19.7 Å². The van der Waals surface area contributed by atoms with Crippen molar-refractivity contribution in [2.45, 2.75) is 26.1 Å². The molecule has 6 nitrogen and oxygen atoms in total. The number of benzene rings is 1. The van der Waals surface area contributed by atoms with E-state index in [9.17, 15) is 0 Å². The summed E-state index contributed by atoms with van der Waals surface area (Å²) in [4.78, 5) is 5.78. The van der Waals surface area contributed by atoms with E-state index in [1.165, 1.54) is 16.5 Å². The van der Waals surface area contributed by atoms with E-state index in [0.29, 0.717) is 0 Å². The van der Waals surface area contributed by atoms with Crippen LogP contribution in [0.25, 0.3) is 10.9 Å². The van der Waals surface area contributed by atoms with Gasteiger partial charge in [-0.15, -0.1) is 10.2 Å². The lowest BCUT2D eigenvalue weighted by Gasteiger charge is -2.32. The maximum Gasteiger partial charge on any atom is 0.163 e. The van der Waals surface area contributed by atoms with Crippen molar-refractivity contribution in [1.29, 1.82) is 0 Å². The molecule has 1 fully saturated rings. The number of nitrogens with zero attached hydrogens (tertiary/aromatic N) is 4. The summed E-state index contributed by atoms with van der Waals surface area (Å²) in [5.41, 5.74) is 2.55. The summed E-state index contributed by atoms with van der Waals surface area (Å²) >= 11 is 0. The molecule has 3 heterocycles. The maximum atomic E-state index is 5.93. The molecule has 1 unspecified atom stereocenters. The van der Waals surface area contributed by atoms with E-state index in [1.54, 1.807) is 6.33 Å². The van der Waals surface area contributed by atoms with E-state index in [-0.39, 0.29) is 6.10 Å². The van der Waals surface area contributed by atoms with E-state index >= 15 is 0 Å². The molecule has 0 amide bonds. The number of ether oxygens (including phenoxy) is 1. The first-order valence-electron chi connectivity index (χ1n) is 8.12. The van der Waals surface area contributed by atoms with Crippen molar-refractivity contribution < 1.29 is 4.74 Å². The van der Waals surface area contributed by atoms with Gasteiger partial charge >= 0.3 is 0 Å². The SMILES string of the molecule is CCn1cnnc1C1CN(Cc2cccc3cc[nH]c23)CCO1. The fraction of sp³-hybridized carbons (Fsp3) is 0.412. The van der Waals surface area contributed by atoms with Crippen LogP contribution in [0, 0.1) is 0 Å². The lowest BCUT2D eigenvalue weighted by atomic mass is 10.1. The molecule has 1 aliphatic rings. The van der Waals surface area contributed by atoms with E-state index in [1.807, 2.05) is 6.20 Å². The summed E-state index contributed by atoms with van der Waals surface area (Å²) in [6, 6.07) is 8.57. The molecular weight excluding hydrogens is 290 g/mol. The van der Waals surface area contributed by atoms with E-state index in [0.717, 1.165) is 38.6 Å². The van der Waals surface area contributed by atoms with Crippen LogP contribution in [0.2, 0.25) is 0 Å². The number of aromatic amines is 1. The predicted octanol–water partition coefficient (Wildman–Crippen LogP) is 2.35. The largest absolute Gasteiger partial charge is 0.368 e. The molecule has 120 valence electrons. The van der Waals surface area contributed by atoms with Crippen LogP contribution in [0.15, 0.2) is 36.8 Å². The molecule has 1 saturated heterocycles. The van der Waals surface area contributed by atoms with Gasteiger partial charge in [-0.1, -0.05) is 18.2 Å². The Hall–Kier alpha value is -2.18. The van der Waals surface area contributed by atoms with Crippen LogP contribution >= 0.6 is 0 Å². The number of para-hydroxylation sites is 1. The zero-order chi connectivity index (χ0) is 15.6. The van der Waals surface area contributed by atoms with Gasteiger partial charge in [-0.3, -0.25) is 4.90 Å². The third-order valence-corrected chi connectivity index (χ3v) is 4.49. The Morgan fingerprint density at radius 2 is 2.30 bits per heavy atom. The third-order valence-electron chi connectivity index (χ3n) is 4.49. The van der Waals surface area contributed by atoms with Crippen LogP contribution in [-0.4, -0.2) is 44.3 Å². The molecule has 6 heteroatoms. The Balaban J connectivity index is 1.53. The highest BCUT2D eigenvalue weighted by molar-refractivity contribution is 5.82. The molecule has 1 N–H and O–H groups in total. The molecule has 1 atom stereocenters. The zero-order valence-corrected chi connectivity index (χ0v) is 13.3. The fourth-order valence-electron chi connectivity index (χ4n) is 3.28. The van der Waals surface area contributed by atoms with Gasteiger partial charge in [0.1, 0.15) is 12.4 Å². The molecule has 0 saturated carbocycles. The minimum Gasteiger partial charge on any atom is -0.368 e. The Bertz CT molecular complexity index is 793. The average Bonchev–Trinajstić information content (AvgIpc) is 3.24. The monoisotopic (exact) mass is 311 g/mol. The number of morpholine rings is 1. The summed E-state index contributed by atoms with van der Waals surface area (Å²) in [6.07, 6.45) is 3.77. The highest BCUT2D eigenvalue weighted by atomic mass is 16.5. The molecule has 0 spiro atoms. The molecule has 23 heavy (non-hydrogen) atoms. The number of H-pyrrole nitrogens is 1. The van der Waals surface area contributed by atoms with Gasteiger partial charge in [-0.2, -0.15) is 0 Å². The zero-order valence-electron chi connectivity index (χ0n) is 13.3. The quantitative estimate of drug-likeness (QED) is 0.803. The van der Waals surface area contributed by atoms with Gasteiger partial charge < -0.3 is 14.3 Å². The number of hydrogen-bond acceptors (Lipinski definition) is 4. The number of aryl methyl sites for hydroxylation is 1. The van der Waals surface area contributed by atoms with Crippen LogP contribution in [0.4, 0.5) is 0 Å². The first kappa shape index (κ1) is 14.4. The average molecular weight is 311 g/mol. The number of fused-ring (bicyclic) bond motifs is 1. The lowest BCUT2D eigenvalue weighted by Crippen LogP contribution is -2.38. The van der Waals surface area contributed by atoms with Crippen molar-refractivity contribution >= 4 is 10.9 Å². The van der Waals surface area contributed by atoms with Crippen molar-refractivity contribution in [3.05, 3.63) is 48.2 Å². The van der Waals surface area contributed by atoms with Gasteiger partial charge in [0, 0.05) is 37.9 Å². The summed E-state index contributed by atoms with van der Waals surface area (Å²) in [5, 5.41) is 9.53. The standard InChI is InChI=1S/C17H21N5O/c1-2-22-12-19-20-17(22)15-11-21(8-9-23-15)10-14-5-3-4-13-6-7-18-16(13)14/h3-7,12,15,18H,2,8-11H2,1H3. The lowest BCUT2D eigenvalue weighted by molar-refractivity contribution is -0.0387. The van der Waals surface area contributed by atoms with Crippen molar-refractivity contribution in [1.82, 2.24) is 24.6 Å². The first-order valence-corrected chi connectivity index (χ1v) is 8.12. The highest BCUT2D eigenvalue weighted by Crippen LogP contribution is 2.24. The van der Waals surface area contributed by atoms with Crippen LogP contribution < -0.4 is 0 Å². The second-order valence-corrected chi connectivity index (χ2v) is 5.93. The van der Waals surface area contributed by atoms with E-state index in [2.05, 4.69) is 55.8 Å². The highest BCUT2D eigenvalue weighted by Gasteiger charge is 2.26. The van der Waals surface area contributed by atoms with Gasteiger partial charge in [0.2, 0.25) is 0 Å². The Morgan fingerprint density at radius 3 is 3.22 bits per heavy atom. The third kappa shape index (κ3) is 2.75. The number of rotatable bonds is 4. The summed E-state index contributed by atoms with van der Waals surface area (Å²) in [6.45, 7) is 6.38. The van der Waals surface area contributed by atoms with Crippen molar-refractivity contribution in [2.24, 2.45) is 0 Å². The van der Waals surface area contributed by atoms with Gasteiger partial charge in [-0.25, -0.2) is 0 Å². The Morgan fingerprint density at radius 1 is 1.35 bits per heavy atom. The second-order valence-electron chi connectivity index (χ2n) is 5.93. The molecule has 2 aromatic heterocycles. The molecule has 1 aromatic carbocycles. The van der Waals surface area contributed by atoms with Gasteiger partial charge in [-0.05, 0) is 23.9 Å². The van der Waals surface area contributed by atoms with Crippen LogP contribution in [-0.2, 0) is 17.8 Å². The van der Waals surface area contributed by atoms with Crippen LogP contribution in [0.3, 0.4) is 0 Å². The summed E-state index contributed by atoms with van der Waals surface area (Å²) in [5.74, 6) is 0.926. The second kappa shape index (κ2) is 6.14. The van der Waals surface area contributed by atoms with Gasteiger partial charge in [0.25, 0.3) is 0 Å². The van der Waals surface area contributed by atoms with Gasteiger partial charge in [0.05, 0.1) is 6.61 Å². The minimum atomic E-state index is -0.00551. The van der Waals surface area contributed by atoms with Crippen molar-refractivity contribution in [3.63, 3.8) is 0 Å². The van der Waals surface area contributed by atoms with E-state index < -0.39 is 0 Å². The fourth-order valence-corrected chi connectivity index (χ4v) is 3.28. The van der Waals surface area contributed by atoms with E-state index in [4.69, 9.17) is 4.74 Å². The molecule has 1 aliphatic heterocycles. The summed E-state index contributed by atoms with van der Waals surface area (Å²) < 4.78 is 7.99. The molecule has 3 aromatic rings.